The monoisotopic (exact) mass is 638 g/mol. The van der Waals surface area contributed by atoms with Crippen LogP contribution in [0.25, 0.3) is 21.9 Å². The number of alkyl halides is 3. The Morgan fingerprint density at radius 3 is 2.61 bits per heavy atom. The lowest BCUT2D eigenvalue weighted by atomic mass is 9.97. The number of fused-ring (bicyclic) bond motifs is 2. The fraction of sp³-hybridized carbons (Fsp3) is 0.407. The maximum atomic E-state index is 15.5. The molecule has 0 bridgehead atoms. The molecule has 0 saturated carbocycles. The van der Waals surface area contributed by atoms with Crippen LogP contribution in [-0.4, -0.2) is 73.6 Å². The minimum Gasteiger partial charge on any atom is -0.462 e. The fourth-order valence-electron chi connectivity index (χ4n) is 4.68. The van der Waals surface area contributed by atoms with E-state index in [0.29, 0.717) is 5.39 Å². The minimum absolute atomic E-state index is 0.00588. The number of hydrogen-bond acceptors (Lipinski definition) is 11. The molecule has 0 spiro atoms. The molecular formula is C27H30F3N6O7P. The van der Waals surface area contributed by atoms with Crippen LogP contribution in [0, 0.1) is 0 Å². The van der Waals surface area contributed by atoms with Crippen molar-refractivity contribution in [3.63, 3.8) is 0 Å². The number of aliphatic hydroxyl groups excluding tert-OH is 1. The average Bonchev–Trinajstić information content (AvgIpc) is 3.51. The van der Waals surface area contributed by atoms with Crippen LogP contribution < -0.4 is 15.3 Å². The molecule has 4 aromatic rings. The number of ether oxygens (including phenoxy) is 2. The van der Waals surface area contributed by atoms with E-state index in [1.54, 1.807) is 32.0 Å². The number of nitrogens with zero attached hydrogens (tertiary/aromatic N) is 4. The summed E-state index contributed by atoms with van der Waals surface area (Å²) in [7, 11) is -4.73. The lowest BCUT2D eigenvalue weighted by molar-refractivity contribution is -0.191. The van der Waals surface area contributed by atoms with Gasteiger partial charge in [-0.2, -0.15) is 5.09 Å². The standard InChI is InChI=1S/C27H30F3N6O7P/c1-14(2)41-25(38)15(3)35-44(39,43-18-9-8-16-6-4-5-7-17(16)10-18)40-11-27(26(29)30)21(37)19(28)24(42-27)36-13-34-20-22(31)32-12-33-23(20)36/h4-10,12-15,19,21,24,26,37H,11H2,1-3H3,(H,35,39)(H2,31,32,33)/t15-,19+,21-,24+,27+,44?/m0/s1. The maximum absolute atomic E-state index is 15.5. The van der Waals surface area contributed by atoms with E-state index >= 15 is 4.39 Å². The third-order valence-corrected chi connectivity index (χ3v) is 8.53. The first kappa shape index (κ1) is 31.6. The Kier molecular flexibility index (Phi) is 8.82. The van der Waals surface area contributed by atoms with Crippen LogP contribution in [-0.2, 0) is 23.4 Å². The predicted octanol–water partition coefficient (Wildman–Crippen LogP) is 3.93. The summed E-state index contributed by atoms with van der Waals surface area (Å²) in [5.74, 6) is -0.871. The first-order valence-corrected chi connectivity index (χ1v) is 15.0. The number of nitrogen functional groups attached to an aromatic ring is 1. The number of imidazole rings is 1. The van der Waals surface area contributed by atoms with Crippen molar-refractivity contribution in [2.45, 2.75) is 63.4 Å². The molecule has 1 aliphatic heterocycles. The number of nitrogens with two attached hydrogens (primary N) is 1. The van der Waals surface area contributed by atoms with E-state index in [-0.39, 0.29) is 22.7 Å². The maximum Gasteiger partial charge on any atom is 0.459 e. The van der Waals surface area contributed by atoms with E-state index in [9.17, 15) is 23.2 Å². The number of halogens is 3. The number of rotatable bonds is 11. The third kappa shape index (κ3) is 6.08. The molecule has 0 radical (unpaired) electrons. The van der Waals surface area contributed by atoms with Gasteiger partial charge in [0.1, 0.15) is 29.7 Å². The van der Waals surface area contributed by atoms with Gasteiger partial charge in [0.2, 0.25) is 0 Å². The van der Waals surface area contributed by atoms with Crippen LogP contribution in [0.1, 0.15) is 27.0 Å². The molecule has 17 heteroatoms. The van der Waals surface area contributed by atoms with Crippen molar-refractivity contribution in [2.24, 2.45) is 0 Å². The summed E-state index contributed by atoms with van der Waals surface area (Å²) in [5.41, 5.74) is 2.76. The fourth-order valence-corrected chi connectivity index (χ4v) is 6.20. The van der Waals surface area contributed by atoms with Gasteiger partial charge >= 0.3 is 13.7 Å². The van der Waals surface area contributed by atoms with Crippen LogP contribution in [0.15, 0.2) is 55.1 Å². The summed E-state index contributed by atoms with van der Waals surface area (Å²) in [6.45, 7) is 3.19. The molecule has 1 saturated heterocycles. The van der Waals surface area contributed by atoms with E-state index in [2.05, 4.69) is 20.0 Å². The highest BCUT2D eigenvalue weighted by Gasteiger charge is 2.62. The zero-order valence-electron chi connectivity index (χ0n) is 23.7. The summed E-state index contributed by atoms with van der Waals surface area (Å²) in [6.07, 6.45) is -8.70. The second-order valence-electron chi connectivity index (χ2n) is 10.4. The zero-order chi connectivity index (χ0) is 31.8. The quantitative estimate of drug-likeness (QED) is 0.160. The lowest BCUT2D eigenvalue weighted by Gasteiger charge is -2.32. The van der Waals surface area contributed by atoms with Gasteiger partial charge in [-0.15, -0.1) is 0 Å². The highest BCUT2D eigenvalue weighted by molar-refractivity contribution is 7.52. The van der Waals surface area contributed by atoms with Gasteiger partial charge in [-0.05, 0) is 43.7 Å². The van der Waals surface area contributed by atoms with Crippen molar-refractivity contribution in [1.29, 1.82) is 0 Å². The molecule has 0 amide bonds. The number of carbonyl (C=O) groups excluding carboxylic acids is 1. The van der Waals surface area contributed by atoms with E-state index in [1.165, 1.54) is 19.1 Å². The Labute approximate surface area is 249 Å². The Balaban J connectivity index is 1.45. The summed E-state index contributed by atoms with van der Waals surface area (Å²) in [5, 5.41) is 14.7. The number of aliphatic hydroxyl groups is 1. The van der Waals surface area contributed by atoms with Crippen molar-refractivity contribution in [3.8, 4) is 5.75 Å². The van der Waals surface area contributed by atoms with Crippen LogP contribution in [0.4, 0.5) is 19.0 Å². The summed E-state index contributed by atoms with van der Waals surface area (Å²) >= 11 is 0. The van der Waals surface area contributed by atoms with E-state index in [4.69, 9.17) is 24.3 Å². The third-order valence-electron chi connectivity index (χ3n) is 6.91. The van der Waals surface area contributed by atoms with Crippen molar-refractivity contribution in [1.82, 2.24) is 24.6 Å². The molecule has 4 N–H and O–H groups in total. The van der Waals surface area contributed by atoms with Gasteiger partial charge in [-0.3, -0.25) is 13.9 Å². The second kappa shape index (κ2) is 12.3. The number of aromatic nitrogens is 4. The molecule has 44 heavy (non-hydrogen) atoms. The topological polar surface area (TPSA) is 173 Å². The van der Waals surface area contributed by atoms with Gasteiger partial charge in [0.05, 0.1) is 19.0 Å². The van der Waals surface area contributed by atoms with E-state index in [0.717, 1.165) is 22.6 Å². The smallest absolute Gasteiger partial charge is 0.459 e. The molecule has 2 aromatic carbocycles. The Morgan fingerprint density at radius 1 is 1.18 bits per heavy atom. The molecule has 5 rings (SSSR count). The highest BCUT2D eigenvalue weighted by atomic mass is 31.2. The first-order chi connectivity index (χ1) is 20.8. The van der Waals surface area contributed by atoms with Crippen LogP contribution >= 0.6 is 7.75 Å². The van der Waals surface area contributed by atoms with Gasteiger partial charge in [-0.1, -0.05) is 30.3 Å². The number of benzene rings is 2. The summed E-state index contributed by atoms with van der Waals surface area (Å²) in [4.78, 5) is 24.2. The van der Waals surface area contributed by atoms with Gasteiger partial charge < -0.3 is 24.8 Å². The molecule has 236 valence electrons. The minimum atomic E-state index is -4.73. The molecule has 1 unspecified atom stereocenters. The van der Waals surface area contributed by atoms with Gasteiger partial charge in [0.25, 0.3) is 6.43 Å². The average molecular weight is 639 g/mol. The molecule has 0 aliphatic carbocycles. The zero-order valence-corrected chi connectivity index (χ0v) is 24.6. The Hall–Kier alpha value is -3.82. The van der Waals surface area contributed by atoms with Crippen molar-refractivity contribution >= 4 is 41.5 Å². The van der Waals surface area contributed by atoms with Crippen LogP contribution in [0.2, 0.25) is 0 Å². The molecular weight excluding hydrogens is 608 g/mol. The second-order valence-corrected chi connectivity index (χ2v) is 12.1. The Bertz CT molecular complexity index is 1710. The van der Waals surface area contributed by atoms with Gasteiger partial charge in [-0.25, -0.2) is 32.7 Å². The summed E-state index contributed by atoms with van der Waals surface area (Å²) in [6, 6.07) is 10.5. The normalized spacial score (nSPS) is 24.2. The molecule has 3 heterocycles. The largest absolute Gasteiger partial charge is 0.462 e. The molecule has 6 atom stereocenters. The number of anilines is 1. The van der Waals surface area contributed by atoms with Crippen LogP contribution in [0.5, 0.6) is 5.75 Å². The van der Waals surface area contributed by atoms with Crippen LogP contribution in [0.3, 0.4) is 0 Å². The lowest BCUT2D eigenvalue weighted by Crippen LogP contribution is -2.52. The molecule has 2 aromatic heterocycles. The van der Waals surface area contributed by atoms with E-state index < -0.39 is 63.0 Å². The van der Waals surface area contributed by atoms with Gasteiger partial charge in [0, 0.05) is 0 Å². The Morgan fingerprint density at radius 2 is 1.91 bits per heavy atom. The highest BCUT2D eigenvalue weighted by Crippen LogP contribution is 2.50. The SMILES string of the molecule is CC(C)OC(=O)[C@H](C)NP(=O)(OC[C@@]1(C(F)F)O[C@@H](n2cnc3c(N)ncnc32)[C@H](F)[C@@H]1O)Oc1ccc2ccccc2c1. The molecule has 1 fully saturated rings. The van der Waals surface area contributed by atoms with Gasteiger partial charge in [0.15, 0.2) is 29.5 Å². The summed E-state index contributed by atoms with van der Waals surface area (Å²) < 4.78 is 81.6. The van der Waals surface area contributed by atoms with Crippen molar-refractivity contribution < 1.29 is 46.2 Å². The molecule has 1 aliphatic rings. The first-order valence-electron chi connectivity index (χ1n) is 13.5. The van der Waals surface area contributed by atoms with Crippen molar-refractivity contribution in [3.05, 3.63) is 55.1 Å². The number of nitrogens with one attached hydrogen (secondary N) is 1. The van der Waals surface area contributed by atoms with Crippen molar-refractivity contribution in [2.75, 3.05) is 12.3 Å². The number of hydrogen-bond donors (Lipinski definition) is 3. The number of esters is 1. The molecule has 13 nitrogen and oxygen atoms in total. The predicted molar refractivity (Wildman–Crippen MR) is 151 cm³/mol. The number of carbonyl (C=O) groups is 1. The van der Waals surface area contributed by atoms with E-state index in [1.807, 2.05) is 12.1 Å².